The smallest absolute Gasteiger partial charge is 0.267 e. The van der Waals surface area contributed by atoms with E-state index in [0.717, 1.165) is 6.07 Å². The molecule has 0 saturated heterocycles. The number of hydrogen-bond donors (Lipinski definition) is 3. The Bertz CT molecular complexity index is 1600. The Labute approximate surface area is 196 Å². The van der Waals surface area contributed by atoms with Crippen LogP contribution in [-0.2, 0) is 0 Å². The molecule has 2 aromatic heterocycles. The van der Waals surface area contributed by atoms with Crippen molar-refractivity contribution < 1.29 is 4.39 Å². The lowest BCUT2D eigenvalue weighted by atomic mass is 10.1. The van der Waals surface area contributed by atoms with E-state index in [-0.39, 0.29) is 44.9 Å². The summed E-state index contributed by atoms with van der Waals surface area (Å²) in [4.78, 5) is 25.9. The molecule has 0 aliphatic rings. The van der Waals surface area contributed by atoms with Gasteiger partial charge in [0.1, 0.15) is 29.1 Å². The van der Waals surface area contributed by atoms with E-state index in [4.69, 9.17) is 23.1 Å². The number of nitriles is 2. The van der Waals surface area contributed by atoms with Crippen LogP contribution in [0.25, 0.3) is 16.6 Å². The Hall–Kier alpha value is -4.74. The summed E-state index contributed by atoms with van der Waals surface area (Å²) in [6.07, 6.45) is 0. The number of nitrogens with zero attached hydrogens (tertiary/aromatic N) is 6. The highest BCUT2D eigenvalue weighted by Crippen LogP contribution is 2.28. The number of nitrogens with two attached hydrogens (primary N) is 2. The molecule has 10 nitrogen and oxygen atoms in total. The van der Waals surface area contributed by atoms with E-state index in [1.165, 1.54) is 16.7 Å². The maximum atomic E-state index is 14.2. The van der Waals surface area contributed by atoms with E-state index in [9.17, 15) is 19.7 Å². The number of halogens is 2. The van der Waals surface area contributed by atoms with Gasteiger partial charge in [0.2, 0.25) is 5.95 Å². The largest absolute Gasteiger partial charge is 0.382 e. The van der Waals surface area contributed by atoms with Gasteiger partial charge in [0.15, 0.2) is 5.82 Å². The van der Waals surface area contributed by atoms with E-state index < -0.39 is 17.4 Å². The fourth-order valence-electron chi connectivity index (χ4n) is 3.46. The third kappa shape index (κ3) is 3.81. The van der Waals surface area contributed by atoms with Crippen molar-refractivity contribution in [3.8, 4) is 17.8 Å². The Morgan fingerprint density at radius 1 is 1.15 bits per heavy atom. The average molecular weight is 476 g/mol. The molecule has 0 bridgehead atoms. The fraction of sp³-hybridized carbons (Fsp3) is 0.0909. The third-order valence-corrected chi connectivity index (χ3v) is 5.36. The zero-order chi connectivity index (χ0) is 24.6. The van der Waals surface area contributed by atoms with Crippen molar-refractivity contribution in [3.05, 3.63) is 74.5 Å². The Morgan fingerprint density at radius 2 is 1.91 bits per heavy atom. The lowest BCUT2D eigenvalue weighted by Gasteiger charge is -2.21. The first kappa shape index (κ1) is 22.5. The van der Waals surface area contributed by atoms with Gasteiger partial charge in [0, 0.05) is 0 Å². The zero-order valence-electron chi connectivity index (χ0n) is 17.5. The second-order valence-corrected chi connectivity index (χ2v) is 7.57. The van der Waals surface area contributed by atoms with Crippen LogP contribution in [-0.4, -0.2) is 19.5 Å². The van der Waals surface area contributed by atoms with Crippen molar-refractivity contribution in [1.29, 1.82) is 10.5 Å². The normalized spacial score (nSPS) is 11.6. The molecule has 5 N–H and O–H groups in total. The third-order valence-electron chi connectivity index (χ3n) is 4.99. The van der Waals surface area contributed by atoms with E-state index in [2.05, 4.69) is 20.3 Å². The lowest BCUT2D eigenvalue weighted by molar-refractivity contribution is 0.629. The Kier molecular flexibility index (Phi) is 5.72. The van der Waals surface area contributed by atoms with E-state index in [1.807, 2.05) is 12.1 Å². The number of aromatic nitrogens is 4. The second kappa shape index (κ2) is 8.65. The molecule has 1 atom stereocenters. The average Bonchev–Trinajstić information content (AvgIpc) is 2.81. The van der Waals surface area contributed by atoms with Gasteiger partial charge in [-0.15, -0.1) is 0 Å². The van der Waals surface area contributed by atoms with Crippen LogP contribution in [0.5, 0.6) is 0 Å². The molecule has 12 heteroatoms. The number of anilines is 3. The van der Waals surface area contributed by atoms with Crippen LogP contribution in [0.3, 0.4) is 0 Å². The van der Waals surface area contributed by atoms with E-state index in [0.29, 0.717) is 11.3 Å². The first-order valence-corrected chi connectivity index (χ1v) is 10.1. The predicted octanol–water partition coefficient (Wildman–Crippen LogP) is 3.05. The molecular formula is C22H15ClFN9O. The summed E-state index contributed by atoms with van der Waals surface area (Å²) < 4.78 is 15.4. The number of benzene rings is 2. The molecule has 0 radical (unpaired) electrons. The lowest BCUT2D eigenvalue weighted by Crippen LogP contribution is -2.28. The number of rotatable bonds is 4. The topological polar surface area (TPSA) is 172 Å². The molecule has 0 fully saturated rings. The van der Waals surface area contributed by atoms with E-state index in [1.54, 1.807) is 25.1 Å². The Morgan fingerprint density at radius 3 is 2.62 bits per heavy atom. The van der Waals surface area contributed by atoms with Gasteiger partial charge in [-0.3, -0.25) is 9.36 Å². The van der Waals surface area contributed by atoms with Crippen LogP contribution in [0.1, 0.15) is 29.9 Å². The molecule has 4 rings (SSSR count). The van der Waals surface area contributed by atoms with Crippen molar-refractivity contribution in [2.24, 2.45) is 0 Å². The quantitative estimate of drug-likeness (QED) is 0.400. The minimum atomic E-state index is -0.769. The van der Waals surface area contributed by atoms with Gasteiger partial charge in [-0.25, -0.2) is 9.37 Å². The summed E-state index contributed by atoms with van der Waals surface area (Å²) in [5.41, 5.74) is 11.6. The van der Waals surface area contributed by atoms with Gasteiger partial charge in [-0.05, 0) is 37.3 Å². The molecule has 0 amide bonds. The van der Waals surface area contributed by atoms with Crippen LogP contribution < -0.4 is 22.3 Å². The van der Waals surface area contributed by atoms with Crippen LogP contribution in [0.2, 0.25) is 5.02 Å². The maximum Gasteiger partial charge on any atom is 0.267 e. The highest BCUT2D eigenvalue weighted by atomic mass is 35.5. The van der Waals surface area contributed by atoms with E-state index >= 15 is 0 Å². The summed E-state index contributed by atoms with van der Waals surface area (Å²) in [5.74, 6) is -0.815. The van der Waals surface area contributed by atoms with Gasteiger partial charge in [0.25, 0.3) is 5.56 Å². The van der Waals surface area contributed by atoms with Gasteiger partial charge in [-0.1, -0.05) is 17.7 Å². The summed E-state index contributed by atoms with van der Waals surface area (Å²) >= 11 is 6.11. The van der Waals surface area contributed by atoms with Crippen molar-refractivity contribution >= 4 is 40.1 Å². The molecule has 34 heavy (non-hydrogen) atoms. The number of nitrogens with one attached hydrogen (secondary N) is 1. The molecule has 168 valence electrons. The first-order valence-electron chi connectivity index (χ1n) is 9.76. The summed E-state index contributed by atoms with van der Waals surface area (Å²) in [6.45, 7) is 1.67. The summed E-state index contributed by atoms with van der Waals surface area (Å²) in [7, 11) is 0. The highest BCUT2D eigenvalue weighted by molar-refractivity contribution is 6.35. The standard InChI is InChI=1S/C22H15ClFN9O/c1-10(29-19-13(9-26)18(27)31-22(28)32-19)20-30-15-6-5-14(24)17(23)16(15)21(34)33(20)12-4-2-3-11(7-12)8-25/h2-7,10H,1H3,(H5,27,28,29,31,32). The van der Waals surface area contributed by atoms with Crippen molar-refractivity contribution in [1.82, 2.24) is 19.5 Å². The number of fused-ring (bicyclic) bond motifs is 1. The molecule has 0 spiro atoms. The molecule has 1 unspecified atom stereocenters. The first-order chi connectivity index (χ1) is 16.2. The van der Waals surface area contributed by atoms with Gasteiger partial charge in [0.05, 0.1) is 39.3 Å². The fourth-order valence-corrected chi connectivity index (χ4v) is 3.70. The van der Waals surface area contributed by atoms with Gasteiger partial charge in [-0.2, -0.15) is 20.5 Å². The summed E-state index contributed by atoms with van der Waals surface area (Å²) in [5, 5.41) is 21.3. The SMILES string of the molecule is CC(Nc1nc(N)nc(N)c1C#N)c1nc2ccc(F)c(Cl)c2c(=O)n1-c1cccc(C#N)c1. The van der Waals surface area contributed by atoms with Crippen molar-refractivity contribution in [2.75, 3.05) is 16.8 Å². The van der Waals surface area contributed by atoms with Crippen LogP contribution in [0, 0.1) is 28.5 Å². The molecule has 4 aromatic rings. The van der Waals surface area contributed by atoms with Gasteiger partial charge < -0.3 is 16.8 Å². The van der Waals surface area contributed by atoms with Gasteiger partial charge >= 0.3 is 0 Å². The molecule has 2 heterocycles. The molecule has 0 aliphatic carbocycles. The predicted molar refractivity (Wildman–Crippen MR) is 125 cm³/mol. The maximum absolute atomic E-state index is 14.2. The molecular weight excluding hydrogens is 461 g/mol. The van der Waals surface area contributed by atoms with Crippen molar-refractivity contribution in [3.63, 3.8) is 0 Å². The highest BCUT2D eigenvalue weighted by Gasteiger charge is 2.23. The number of hydrogen-bond acceptors (Lipinski definition) is 9. The van der Waals surface area contributed by atoms with Crippen LogP contribution >= 0.6 is 11.6 Å². The zero-order valence-corrected chi connectivity index (χ0v) is 18.3. The van der Waals surface area contributed by atoms with Crippen LogP contribution in [0.15, 0.2) is 41.2 Å². The van der Waals surface area contributed by atoms with Crippen LogP contribution in [0.4, 0.5) is 22.0 Å². The Balaban J connectivity index is 1.99. The minimum absolute atomic E-state index is 0.0349. The second-order valence-electron chi connectivity index (χ2n) is 7.20. The van der Waals surface area contributed by atoms with Crippen molar-refractivity contribution in [2.45, 2.75) is 13.0 Å². The molecule has 0 aliphatic heterocycles. The summed E-state index contributed by atoms with van der Waals surface area (Å²) in [6, 6.07) is 11.9. The minimum Gasteiger partial charge on any atom is -0.382 e. The number of nitrogen functional groups attached to an aromatic ring is 2. The molecule has 2 aromatic carbocycles. The monoisotopic (exact) mass is 475 g/mol. The molecule has 0 saturated carbocycles.